The van der Waals surface area contributed by atoms with Gasteiger partial charge in [0.25, 0.3) is 5.56 Å². The average Bonchev–Trinajstić information content (AvgIpc) is 3.60. The number of rotatable bonds is 9. The van der Waals surface area contributed by atoms with Crippen LogP contribution in [0, 0.1) is 6.92 Å². The van der Waals surface area contributed by atoms with Crippen molar-refractivity contribution in [3.8, 4) is 0 Å². The molecule has 34 heavy (non-hydrogen) atoms. The summed E-state index contributed by atoms with van der Waals surface area (Å²) in [6, 6.07) is 12.8. The van der Waals surface area contributed by atoms with Gasteiger partial charge in [-0.3, -0.25) is 9.69 Å². The van der Waals surface area contributed by atoms with Gasteiger partial charge in [0.2, 0.25) is 0 Å². The van der Waals surface area contributed by atoms with Crippen molar-refractivity contribution >= 4 is 22.2 Å². The molecule has 8 heteroatoms. The van der Waals surface area contributed by atoms with Gasteiger partial charge in [-0.25, -0.2) is 4.68 Å². The number of H-pyrrole nitrogens is 1. The number of aromatic nitrogens is 5. The van der Waals surface area contributed by atoms with Crippen molar-refractivity contribution in [2.24, 2.45) is 0 Å². The van der Waals surface area contributed by atoms with Crippen molar-refractivity contribution in [2.45, 2.75) is 77.5 Å². The fourth-order valence-corrected chi connectivity index (χ4v) is 5.95. The molecule has 1 N–H and O–H groups in total. The first-order chi connectivity index (χ1) is 16.6. The van der Waals surface area contributed by atoms with Crippen LogP contribution >= 0.6 is 11.3 Å². The first-order valence-electron chi connectivity index (χ1n) is 12.3. The first kappa shape index (κ1) is 22.9. The Labute approximate surface area is 203 Å². The van der Waals surface area contributed by atoms with Gasteiger partial charge in [0.1, 0.15) is 0 Å². The van der Waals surface area contributed by atoms with E-state index in [-0.39, 0.29) is 11.6 Å². The summed E-state index contributed by atoms with van der Waals surface area (Å²) in [6.07, 6.45) is 6.66. The Morgan fingerprint density at radius 3 is 2.82 bits per heavy atom. The molecule has 1 aromatic carbocycles. The molecule has 0 bridgehead atoms. The zero-order valence-corrected chi connectivity index (χ0v) is 20.7. The summed E-state index contributed by atoms with van der Waals surface area (Å²) in [4.78, 5) is 19.9. The molecular weight excluding hydrogens is 444 g/mol. The van der Waals surface area contributed by atoms with Crippen LogP contribution in [0.25, 0.3) is 10.9 Å². The van der Waals surface area contributed by atoms with Crippen molar-refractivity contribution in [1.29, 1.82) is 0 Å². The van der Waals surface area contributed by atoms with Gasteiger partial charge in [-0.15, -0.1) is 16.4 Å². The zero-order valence-electron chi connectivity index (χ0n) is 19.9. The molecule has 0 spiro atoms. The number of aryl methyl sites for hydroxylation is 1. The van der Waals surface area contributed by atoms with Gasteiger partial charge in [-0.2, -0.15) is 0 Å². The minimum Gasteiger partial charge on any atom is -0.321 e. The fourth-order valence-electron chi connectivity index (χ4n) is 5.22. The molecule has 0 unspecified atom stereocenters. The highest BCUT2D eigenvalue weighted by atomic mass is 32.1. The molecule has 1 fully saturated rings. The van der Waals surface area contributed by atoms with E-state index in [9.17, 15) is 4.79 Å². The lowest BCUT2D eigenvalue weighted by Gasteiger charge is -2.31. The lowest BCUT2D eigenvalue weighted by molar-refractivity contribution is 0.154. The van der Waals surface area contributed by atoms with Crippen LogP contribution in [0.1, 0.15) is 79.4 Å². The van der Waals surface area contributed by atoms with Crippen LogP contribution in [-0.2, 0) is 13.1 Å². The highest BCUT2D eigenvalue weighted by Gasteiger charge is 2.30. The molecular formula is C26H32N6OS. The van der Waals surface area contributed by atoms with Crippen molar-refractivity contribution in [2.75, 3.05) is 0 Å². The van der Waals surface area contributed by atoms with Gasteiger partial charge in [-0.05, 0) is 65.1 Å². The van der Waals surface area contributed by atoms with Gasteiger partial charge in [0.15, 0.2) is 5.82 Å². The molecule has 0 amide bonds. The first-order valence-corrected chi connectivity index (χ1v) is 13.2. The molecule has 1 atom stereocenters. The maximum absolute atomic E-state index is 13.1. The highest BCUT2D eigenvalue weighted by Crippen LogP contribution is 2.34. The van der Waals surface area contributed by atoms with Gasteiger partial charge in [-0.1, -0.05) is 50.5 Å². The van der Waals surface area contributed by atoms with Crippen molar-refractivity contribution in [1.82, 2.24) is 30.1 Å². The van der Waals surface area contributed by atoms with Crippen LogP contribution in [0.4, 0.5) is 0 Å². The molecule has 1 aliphatic carbocycles. The number of hydrogen-bond donors (Lipinski definition) is 1. The van der Waals surface area contributed by atoms with E-state index in [1.807, 2.05) is 25.1 Å². The van der Waals surface area contributed by atoms with E-state index >= 15 is 0 Å². The van der Waals surface area contributed by atoms with Crippen molar-refractivity contribution in [3.05, 3.63) is 74.0 Å². The Morgan fingerprint density at radius 1 is 1.21 bits per heavy atom. The monoisotopic (exact) mass is 476 g/mol. The molecule has 3 heterocycles. The molecule has 1 aliphatic rings. The summed E-state index contributed by atoms with van der Waals surface area (Å²) < 4.78 is 2.07. The second kappa shape index (κ2) is 10.2. The molecule has 4 aromatic rings. The van der Waals surface area contributed by atoms with Crippen LogP contribution < -0.4 is 5.56 Å². The normalized spacial score (nSPS) is 15.5. The number of pyridine rings is 1. The summed E-state index contributed by atoms with van der Waals surface area (Å²) >= 11 is 1.75. The lowest BCUT2D eigenvalue weighted by Crippen LogP contribution is -2.33. The second-order valence-corrected chi connectivity index (χ2v) is 10.4. The third-order valence-corrected chi connectivity index (χ3v) is 7.83. The van der Waals surface area contributed by atoms with Crippen LogP contribution in [0.15, 0.2) is 46.6 Å². The Balaban J connectivity index is 1.54. The maximum atomic E-state index is 13.1. The van der Waals surface area contributed by atoms with E-state index in [4.69, 9.17) is 0 Å². The summed E-state index contributed by atoms with van der Waals surface area (Å²) in [7, 11) is 0. The fraction of sp³-hybridized carbons (Fsp3) is 0.462. The lowest BCUT2D eigenvalue weighted by atomic mass is 10.1. The third-order valence-electron chi connectivity index (χ3n) is 6.97. The summed E-state index contributed by atoms with van der Waals surface area (Å²) in [6.45, 7) is 5.53. The SMILES string of the molecule is CCC[C@H](c1nnnn1C1CCCC1)N(Cc1cccs1)Cc1cc2cccc(C)c2[nH]c1=O. The molecule has 5 rings (SSSR count). The van der Waals surface area contributed by atoms with E-state index in [0.29, 0.717) is 12.6 Å². The molecule has 0 aliphatic heterocycles. The summed E-state index contributed by atoms with van der Waals surface area (Å²) in [5.74, 6) is 0.929. The number of fused-ring (bicyclic) bond motifs is 1. The van der Waals surface area contributed by atoms with E-state index < -0.39 is 0 Å². The van der Waals surface area contributed by atoms with Crippen molar-refractivity contribution in [3.63, 3.8) is 0 Å². The number of thiophene rings is 1. The van der Waals surface area contributed by atoms with Crippen LogP contribution in [-0.4, -0.2) is 30.1 Å². The molecule has 1 saturated carbocycles. The van der Waals surface area contributed by atoms with E-state index in [2.05, 4.69) is 60.6 Å². The molecule has 7 nitrogen and oxygen atoms in total. The number of benzene rings is 1. The topological polar surface area (TPSA) is 79.7 Å². The van der Waals surface area contributed by atoms with E-state index in [1.54, 1.807) is 11.3 Å². The standard InChI is InChI=1S/C26H32N6OS/c1-3-8-23(25-28-29-30-32(25)21-11-4-5-12-21)31(17-22-13-7-14-34-22)16-20-15-19-10-6-9-18(2)24(19)27-26(20)33/h6-7,9-10,13-15,21,23H,3-5,8,11-12,16-17H2,1-2H3,(H,27,33)/t23-/m1/s1. The number of aromatic amines is 1. The number of nitrogens with zero attached hydrogens (tertiary/aromatic N) is 5. The predicted molar refractivity (Wildman–Crippen MR) is 136 cm³/mol. The molecule has 0 saturated heterocycles. The van der Waals surface area contributed by atoms with E-state index in [0.717, 1.165) is 60.1 Å². The number of tetrazole rings is 1. The summed E-state index contributed by atoms with van der Waals surface area (Å²) in [5, 5.41) is 16.2. The van der Waals surface area contributed by atoms with Gasteiger partial charge in [0.05, 0.1) is 17.6 Å². The molecule has 3 aromatic heterocycles. The minimum atomic E-state index is -0.0244. The Bertz CT molecular complexity index is 1290. The molecule has 0 radical (unpaired) electrons. The van der Waals surface area contributed by atoms with E-state index in [1.165, 1.54) is 17.7 Å². The third kappa shape index (κ3) is 4.70. The Morgan fingerprint density at radius 2 is 2.06 bits per heavy atom. The largest absolute Gasteiger partial charge is 0.321 e. The van der Waals surface area contributed by atoms with Gasteiger partial charge < -0.3 is 4.98 Å². The number of hydrogen-bond acceptors (Lipinski definition) is 6. The molecule has 178 valence electrons. The van der Waals surface area contributed by atoms with Crippen LogP contribution in [0.3, 0.4) is 0 Å². The summed E-state index contributed by atoms with van der Waals surface area (Å²) in [5.41, 5.74) is 2.74. The Kier molecular flexibility index (Phi) is 6.87. The maximum Gasteiger partial charge on any atom is 0.252 e. The minimum absolute atomic E-state index is 0.0244. The smallest absolute Gasteiger partial charge is 0.252 e. The van der Waals surface area contributed by atoms with Gasteiger partial charge in [0, 0.05) is 23.5 Å². The Hall–Kier alpha value is -2.84. The van der Waals surface area contributed by atoms with Crippen LogP contribution in [0.5, 0.6) is 0 Å². The average molecular weight is 477 g/mol. The zero-order chi connectivity index (χ0) is 23.5. The predicted octanol–water partition coefficient (Wildman–Crippen LogP) is 5.54. The van der Waals surface area contributed by atoms with Crippen molar-refractivity contribution < 1.29 is 0 Å². The number of nitrogens with one attached hydrogen (secondary N) is 1. The highest BCUT2D eigenvalue weighted by molar-refractivity contribution is 7.09. The van der Waals surface area contributed by atoms with Crippen LogP contribution in [0.2, 0.25) is 0 Å². The van der Waals surface area contributed by atoms with Gasteiger partial charge >= 0.3 is 0 Å². The number of para-hydroxylation sites is 1. The quantitative estimate of drug-likeness (QED) is 0.343. The second-order valence-electron chi connectivity index (χ2n) is 9.37.